The maximum Gasteiger partial charge on any atom is 0.460 e. The second kappa shape index (κ2) is 49.6. The van der Waals surface area contributed by atoms with Gasteiger partial charge in [-0.1, -0.05) is 148 Å². The SMILES string of the molecule is CC(C)/C=C\C(C)C(=O)OC1COCCOCCOCCO1.CC(C)/C=C\C(C)C(=O)OCC(F)(F)C(F)(F)C(F)(F)C(F)(F)C(F)(F)C(F)(F)C(F)(F)C(F)(F)F.CC(C)/C=C\C(C)C(=O)Oc1ccccc1.CCOC(=O)C(C)/C=C\C(C)C.COCCOCCOC(=O)C(C)/C=C\C(C)C. The van der Waals surface area contributed by atoms with Crippen LogP contribution in [0.25, 0.3) is 0 Å². The van der Waals surface area contributed by atoms with Crippen molar-refractivity contribution < 1.29 is 151 Å². The van der Waals surface area contributed by atoms with Crippen LogP contribution in [-0.4, -0.2) is 177 Å². The molecule has 16 nitrogen and oxygen atoms in total. The highest BCUT2D eigenvalue weighted by molar-refractivity contribution is 5.77. The fourth-order valence-electron chi connectivity index (χ4n) is 6.68. The van der Waals surface area contributed by atoms with E-state index in [1.807, 2.05) is 94.5 Å². The first-order valence-electron chi connectivity index (χ1n) is 32.8. The van der Waals surface area contributed by atoms with Crippen molar-refractivity contribution in [2.24, 2.45) is 59.2 Å². The van der Waals surface area contributed by atoms with Crippen molar-refractivity contribution in [3.05, 3.63) is 91.1 Å². The van der Waals surface area contributed by atoms with Gasteiger partial charge in [0.2, 0.25) is 6.29 Å². The molecule has 1 heterocycles. The quantitative estimate of drug-likeness (QED) is 0.0165. The van der Waals surface area contributed by atoms with Crippen LogP contribution in [0.15, 0.2) is 91.1 Å². The third-order valence-electron chi connectivity index (χ3n) is 12.9. The lowest BCUT2D eigenvalue weighted by atomic mass is 9.89. The molecule has 103 heavy (non-hydrogen) atoms. The maximum absolute atomic E-state index is 13.7. The van der Waals surface area contributed by atoms with Gasteiger partial charge in [0.15, 0.2) is 6.61 Å². The molecule has 0 bridgehead atoms. The van der Waals surface area contributed by atoms with E-state index in [4.69, 9.17) is 47.4 Å². The third kappa shape index (κ3) is 38.1. The molecule has 0 radical (unpaired) electrons. The molecule has 0 N–H and O–H groups in total. The third-order valence-corrected chi connectivity index (χ3v) is 12.9. The van der Waals surface area contributed by atoms with Crippen molar-refractivity contribution in [3.63, 3.8) is 0 Å². The molecule has 0 amide bonds. The molecular formula is C70H103F17O16. The van der Waals surface area contributed by atoms with Crippen LogP contribution in [-0.2, 0) is 71.3 Å². The van der Waals surface area contributed by atoms with E-state index in [0.717, 1.165) is 13.0 Å². The molecule has 1 saturated heterocycles. The Labute approximate surface area is 592 Å². The van der Waals surface area contributed by atoms with Gasteiger partial charge in [0, 0.05) is 7.11 Å². The highest BCUT2D eigenvalue weighted by Gasteiger charge is 2.95. The normalized spacial score (nSPS) is 16.7. The molecule has 0 saturated carbocycles. The zero-order valence-electron chi connectivity index (χ0n) is 61.2. The van der Waals surface area contributed by atoms with E-state index in [9.17, 15) is 98.6 Å². The number of benzene rings is 1. The summed E-state index contributed by atoms with van der Waals surface area (Å²) < 4.78 is 279. The van der Waals surface area contributed by atoms with Gasteiger partial charge in [0.1, 0.15) is 19.0 Å². The molecule has 598 valence electrons. The molecular weight excluding hydrogens is 1420 g/mol. The van der Waals surface area contributed by atoms with Crippen molar-refractivity contribution in [2.75, 3.05) is 93.0 Å². The Hall–Kier alpha value is -6.16. The van der Waals surface area contributed by atoms with Gasteiger partial charge < -0.3 is 52.1 Å². The predicted octanol–water partition coefficient (Wildman–Crippen LogP) is 17.1. The topological polar surface area (TPSA) is 187 Å². The summed E-state index contributed by atoms with van der Waals surface area (Å²) in [5.41, 5.74) is 0. The Morgan fingerprint density at radius 3 is 1.14 bits per heavy atom. The van der Waals surface area contributed by atoms with Crippen molar-refractivity contribution >= 4 is 29.8 Å². The number of esters is 5. The zero-order chi connectivity index (χ0) is 80.4. The zero-order valence-corrected chi connectivity index (χ0v) is 61.2. The fourth-order valence-corrected chi connectivity index (χ4v) is 6.68. The summed E-state index contributed by atoms with van der Waals surface area (Å²) >= 11 is 0. The molecule has 6 unspecified atom stereocenters. The first kappa shape index (κ1) is 101. The number of hydrogen-bond donors (Lipinski definition) is 0. The average Bonchev–Trinajstić information content (AvgIpc) is 0.697. The Morgan fingerprint density at radius 1 is 0.408 bits per heavy atom. The monoisotopic (exact) mass is 1520 g/mol. The number of halogens is 17. The van der Waals surface area contributed by atoms with Gasteiger partial charge in [-0.05, 0) is 83.3 Å². The van der Waals surface area contributed by atoms with Crippen LogP contribution < -0.4 is 4.74 Å². The van der Waals surface area contributed by atoms with E-state index in [1.165, 1.54) is 19.9 Å². The fraction of sp³-hybridized carbons (Fsp3) is 0.700. The number of hydrogen-bond acceptors (Lipinski definition) is 16. The van der Waals surface area contributed by atoms with E-state index in [2.05, 4.69) is 60.1 Å². The molecule has 6 atom stereocenters. The molecule has 1 aliphatic heterocycles. The number of carbonyl (C=O) groups is 5. The summed E-state index contributed by atoms with van der Waals surface area (Å²) in [5.74, 6) is -60.3. The van der Waals surface area contributed by atoms with Gasteiger partial charge in [-0.3, -0.25) is 24.0 Å². The van der Waals surface area contributed by atoms with Crippen LogP contribution >= 0.6 is 0 Å². The van der Waals surface area contributed by atoms with Crippen molar-refractivity contribution in [3.8, 4) is 5.75 Å². The van der Waals surface area contributed by atoms with Gasteiger partial charge in [0.05, 0.1) is 95.7 Å². The van der Waals surface area contributed by atoms with Crippen LogP contribution in [0.1, 0.15) is 111 Å². The second-order valence-electron chi connectivity index (χ2n) is 24.6. The molecule has 1 aromatic carbocycles. The smallest absolute Gasteiger partial charge is 0.460 e. The van der Waals surface area contributed by atoms with Gasteiger partial charge in [-0.25, -0.2) is 0 Å². The van der Waals surface area contributed by atoms with Crippen LogP contribution in [0.2, 0.25) is 0 Å². The van der Waals surface area contributed by atoms with Gasteiger partial charge in [0.25, 0.3) is 0 Å². The van der Waals surface area contributed by atoms with E-state index < -0.39 is 72.4 Å². The molecule has 2 rings (SSSR count). The number of ether oxygens (including phenoxy) is 11. The Kier molecular flexibility index (Phi) is 48.6. The largest absolute Gasteiger partial charge is 0.466 e. The lowest BCUT2D eigenvalue weighted by molar-refractivity contribution is -0.462. The van der Waals surface area contributed by atoms with E-state index in [-0.39, 0.29) is 60.1 Å². The van der Waals surface area contributed by atoms with Crippen LogP contribution in [0.5, 0.6) is 5.75 Å². The van der Waals surface area contributed by atoms with Crippen molar-refractivity contribution in [1.82, 2.24) is 0 Å². The summed E-state index contributed by atoms with van der Waals surface area (Å²) in [6, 6.07) is 9.13. The second-order valence-corrected chi connectivity index (χ2v) is 24.6. The average molecular weight is 1520 g/mol. The van der Waals surface area contributed by atoms with E-state index in [1.54, 1.807) is 26.2 Å². The highest BCUT2D eigenvalue weighted by Crippen LogP contribution is 2.64. The minimum atomic E-state index is -8.70. The summed E-state index contributed by atoms with van der Waals surface area (Å²) in [6.45, 7) is 31.5. The first-order valence-corrected chi connectivity index (χ1v) is 32.8. The minimum absolute atomic E-state index is 0.118. The summed E-state index contributed by atoms with van der Waals surface area (Å²) in [6.07, 6.45) is 9.13. The van der Waals surface area contributed by atoms with Crippen molar-refractivity contribution in [2.45, 2.75) is 165 Å². The lowest BCUT2D eigenvalue weighted by Crippen LogP contribution is -2.74. The van der Waals surface area contributed by atoms with Crippen LogP contribution in [0, 0.1) is 59.2 Å². The van der Waals surface area contributed by atoms with Gasteiger partial charge in [-0.15, -0.1) is 0 Å². The van der Waals surface area contributed by atoms with Crippen molar-refractivity contribution in [1.29, 1.82) is 0 Å². The summed E-state index contributed by atoms with van der Waals surface area (Å²) in [7, 11) is 1.62. The molecule has 1 aliphatic rings. The summed E-state index contributed by atoms with van der Waals surface area (Å²) in [4.78, 5) is 57.7. The predicted molar refractivity (Wildman–Crippen MR) is 348 cm³/mol. The highest BCUT2D eigenvalue weighted by atomic mass is 19.4. The first-order chi connectivity index (χ1) is 47.3. The van der Waals surface area contributed by atoms with Crippen LogP contribution in [0.4, 0.5) is 74.6 Å². The standard InChI is InChI=1S/C17H15F17O2.C16H28O6.C14H18O2.C13H24O4.C10H18O2/c1-7(2)4-5-8(3)9(35)36-6-10(18,19)11(20,21)12(22,23)13(24,25)14(26,27)15(28,29)16(30,31)17(32,33)34;1-13(2)4-5-14(3)16(17)22-15-12-20-9-8-18-6-7-19-10-11-21-15;1-11(2)9-10-12(3)14(15)16-13-7-5-4-6-8-13;1-11(2)5-6-12(3)13(14)17-10-9-16-8-7-15-4;1-5-12-10(11)9(4)7-6-8(2)3/h4-5,7-8H,6H2,1-3H3;4-5,13-15H,6-12H2,1-3H3;4-12H,1-3H3;5-6,11-12H,7-10H2,1-4H3;6-9H,5H2,1-4H3/b2*5-4-;10-9-;6-5-;7-6-. The number of allylic oxidation sites excluding steroid dienone is 5. The molecule has 1 aromatic rings. The van der Waals surface area contributed by atoms with Gasteiger partial charge in [-0.2, -0.15) is 74.6 Å². The number of carbonyl (C=O) groups excluding carboxylic acids is 5. The number of alkyl halides is 17. The molecule has 33 heteroatoms. The molecule has 1 fully saturated rings. The number of rotatable bonds is 32. The van der Waals surface area contributed by atoms with Crippen LogP contribution in [0.3, 0.4) is 0 Å². The number of methoxy groups -OCH3 is 1. The maximum atomic E-state index is 13.7. The Bertz CT molecular complexity index is 2670. The molecule has 0 aliphatic carbocycles. The van der Waals surface area contributed by atoms with E-state index in [0.29, 0.717) is 102 Å². The Morgan fingerprint density at radius 2 is 0.748 bits per heavy atom. The Balaban J connectivity index is -0.00000128. The molecule has 0 aromatic heterocycles. The van der Waals surface area contributed by atoms with Gasteiger partial charge >= 0.3 is 77.5 Å². The van der Waals surface area contributed by atoms with E-state index >= 15 is 0 Å². The summed E-state index contributed by atoms with van der Waals surface area (Å²) in [5, 5.41) is 0. The lowest BCUT2D eigenvalue weighted by Gasteiger charge is -2.42. The minimum Gasteiger partial charge on any atom is -0.466 e. The molecule has 0 spiro atoms. The number of para-hydroxylation sites is 1.